The zero-order chi connectivity index (χ0) is 12.3. The number of methoxy groups -OCH3 is 1. The molecular formula is C11H16N2O3. The summed E-state index contributed by atoms with van der Waals surface area (Å²) in [5.41, 5.74) is 6.27. The van der Waals surface area contributed by atoms with Crippen LogP contribution in [0.15, 0.2) is 18.2 Å². The third-order valence-corrected chi connectivity index (χ3v) is 2.12. The summed E-state index contributed by atoms with van der Waals surface area (Å²) in [5.74, 6) is 0.629. The van der Waals surface area contributed by atoms with Crippen LogP contribution in [0.1, 0.15) is 19.4 Å². The van der Waals surface area contributed by atoms with Crippen LogP contribution in [0.3, 0.4) is 0 Å². The summed E-state index contributed by atoms with van der Waals surface area (Å²) in [4.78, 5) is 10.2. The van der Waals surface area contributed by atoms with Crippen molar-refractivity contribution in [3.8, 4) is 5.75 Å². The van der Waals surface area contributed by atoms with Crippen LogP contribution < -0.4 is 10.5 Å². The molecule has 0 radical (unpaired) electrons. The number of rotatable bonds is 4. The summed E-state index contributed by atoms with van der Waals surface area (Å²) < 4.78 is 5.15. The van der Waals surface area contributed by atoms with Crippen molar-refractivity contribution < 1.29 is 9.66 Å². The third-order valence-electron chi connectivity index (χ3n) is 2.12. The van der Waals surface area contributed by atoms with Crippen molar-refractivity contribution in [2.75, 3.05) is 7.11 Å². The fourth-order valence-electron chi connectivity index (χ4n) is 1.51. The predicted octanol–water partition coefficient (Wildman–Crippen LogP) is 1.88. The van der Waals surface area contributed by atoms with Gasteiger partial charge in [0.15, 0.2) is 0 Å². The molecule has 1 aromatic rings. The molecule has 5 nitrogen and oxygen atoms in total. The molecule has 0 fully saturated rings. The van der Waals surface area contributed by atoms with Gasteiger partial charge in [-0.2, -0.15) is 0 Å². The first-order valence-corrected chi connectivity index (χ1v) is 4.93. The Balaban J connectivity index is 3.12. The minimum absolute atomic E-state index is 0.0556. The lowest BCUT2D eigenvalue weighted by molar-refractivity contribution is -0.384. The topological polar surface area (TPSA) is 78.4 Å². The van der Waals surface area contributed by atoms with E-state index in [0.717, 1.165) is 5.56 Å². The van der Waals surface area contributed by atoms with Crippen molar-refractivity contribution in [1.82, 2.24) is 0 Å². The Kier molecular flexibility index (Phi) is 3.49. The molecule has 0 spiro atoms. The summed E-state index contributed by atoms with van der Waals surface area (Å²) in [6.07, 6.45) is 0.526. The Bertz CT molecular complexity index is 397. The quantitative estimate of drug-likeness (QED) is 0.625. The Hall–Kier alpha value is -1.62. The first-order valence-electron chi connectivity index (χ1n) is 4.93. The molecule has 0 atom stereocenters. The van der Waals surface area contributed by atoms with Crippen molar-refractivity contribution in [3.05, 3.63) is 33.9 Å². The SMILES string of the molecule is COc1ccc([N+](=O)[O-])cc1CC(C)(C)N. The Labute approximate surface area is 94.4 Å². The molecule has 0 heterocycles. The van der Waals surface area contributed by atoms with E-state index in [9.17, 15) is 10.1 Å². The van der Waals surface area contributed by atoms with Crippen LogP contribution in [0.5, 0.6) is 5.75 Å². The molecule has 0 aliphatic heterocycles. The molecule has 0 aromatic heterocycles. The largest absolute Gasteiger partial charge is 0.496 e. The monoisotopic (exact) mass is 224 g/mol. The molecule has 1 rings (SSSR count). The van der Waals surface area contributed by atoms with Crippen LogP contribution in [-0.4, -0.2) is 17.6 Å². The van der Waals surface area contributed by atoms with Gasteiger partial charge < -0.3 is 10.5 Å². The molecule has 0 aliphatic carbocycles. The number of hydrogen-bond acceptors (Lipinski definition) is 4. The molecule has 0 bridgehead atoms. The van der Waals surface area contributed by atoms with E-state index in [1.807, 2.05) is 13.8 Å². The maximum Gasteiger partial charge on any atom is 0.269 e. The second-order valence-corrected chi connectivity index (χ2v) is 4.42. The van der Waals surface area contributed by atoms with Gasteiger partial charge >= 0.3 is 0 Å². The minimum Gasteiger partial charge on any atom is -0.496 e. The third kappa shape index (κ3) is 3.20. The highest BCUT2D eigenvalue weighted by Gasteiger charge is 2.18. The van der Waals surface area contributed by atoms with E-state index in [2.05, 4.69) is 0 Å². The summed E-state index contributed by atoms with van der Waals surface area (Å²) in [5, 5.41) is 10.7. The molecule has 16 heavy (non-hydrogen) atoms. The van der Waals surface area contributed by atoms with Gasteiger partial charge in [0.25, 0.3) is 5.69 Å². The molecule has 2 N–H and O–H groups in total. The predicted molar refractivity (Wildman–Crippen MR) is 61.6 cm³/mol. The van der Waals surface area contributed by atoms with Crippen molar-refractivity contribution in [2.24, 2.45) is 5.73 Å². The number of benzene rings is 1. The highest BCUT2D eigenvalue weighted by molar-refractivity contribution is 5.44. The Morgan fingerprint density at radius 2 is 2.12 bits per heavy atom. The smallest absolute Gasteiger partial charge is 0.269 e. The van der Waals surface area contributed by atoms with Crippen molar-refractivity contribution in [2.45, 2.75) is 25.8 Å². The lowest BCUT2D eigenvalue weighted by Gasteiger charge is -2.19. The standard InChI is InChI=1S/C11H16N2O3/c1-11(2,12)7-8-6-9(13(14)15)4-5-10(8)16-3/h4-6H,7,12H2,1-3H3. The van der Waals surface area contributed by atoms with Crippen molar-refractivity contribution in [3.63, 3.8) is 0 Å². The van der Waals surface area contributed by atoms with Gasteiger partial charge in [-0.1, -0.05) is 0 Å². The van der Waals surface area contributed by atoms with Crippen LogP contribution in [-0.2, 0) is 6.42 Å². The molecule has 0 unspecified atom stereocenters. The van der Waals surface area contributed by atoms with Gasteiger partial charge in [-0.15, -0.1) is 0 Å². The average molecular weight is 224 g/mol. The lowest BCUT2D eigenvalue weighted by atomic mass is 9.95. The summed E-state index contributed by atoms with van der Waals surface area (Å²) in [7, 11) is 1.54. The lowest BCUT2D eigenvalue weighted by Crippen LogP contribution is -2.34. The second kappa shape index (κ2) is 4.49. The van der Waals surface area contributed by atoms with E-state index >= 15 is 0 Å². The molecule has 0 amide bonds. The number of hydrogen-bond donors (Lipinski definition) is 1. The van der Waals surface area contributed by atoms with Gasteiger partial charge in [0, 0.05) is 23.2 Å². The fraction of sp³-hybridized carbons (Fsp3) is 0.455. The maximum absolute atomic E-state index is 10.7. The number of nitrogens with two attached hydrogens (primary N) is 1. The van der Waals surface area contributed by atoms with E-state index in [4.69, 9.17) is 10.5 Å². The van der Waals surface area contributed by atoms with Gasteiger partial charge in [-0.3, -0.25) is 10.1 Å². The van der Waals surface area contributed by atoms with Crippen LogP contribution in [0.25, 0.3) is 0 Å². The van der Waals surface area contributed by atoms with Crippen LogP contribution in [0.4, 0.5) is 5.69 Å². The van der Waals surface area contributed by atoms with Crippen molar-refractivity contribution >= 4 is 5.69 Å². The number of nitrogens with zero attached hydrogens (tertiary/aromatic N) is 1. The highest BCUT2D eigenvalue weighted by atomic mass is 16.6. The van der Waals surface area contributed by atoms with E-state index in [1.54, 1.807) is 6.07 Å². The van der Waals surface area contributed by atoms with Gasteiger partial charge in [0.05, 0.1) is 12.0 Å². The summed E-state index contributed by atoms with van der Waals surface area (Å²) >= 11 is 0. The van der Waals surface area contributed by atoms with Crippen molar-refractivity contribution in [1.29, 1.82) is 0 Å². The molecule has 5 heteroatoms. The zero-order valence-electron chi connectivity index (χ0n) is 9.69. The Morgan fingerprint density at radius 1 is 1.50 bits per heavy atom. The first kappa shape index (κ1) is 12.4. The van der Waals surface area contributed by atoms with Gasteiger partial charge in [-0.05, 0) is 26.3 Å². The average Bonchev–Trinajstić information content (AvgIpc) is 2.15. The number of non-ortho nitro benzene ring substituents is 1. The van der Waals surface area contributed by atoms with Crippen LogP contribution in [0, 0.1) is 10.1 Å². The van der Waals surface area contributed by atoms with E-state index in [0.29, 0.717) is 12.2 Å². The fourth-order valence-corrected chi connectivity index (χ4v) is 1.51. The molecule has 0 aliphatic rings. The molecule has 0 saturated heterocycles. The minimum atomic E-state index is -0.428. The molecule has 1 aromatic carbocycles. The van der Waals surface area contributed by atoms with Gasteiger partial charge in [-0.25, -0.2) is 0 Å². The molecular weight excluding hydrogens is 208 g/mol. The van der Waals surface area contributed by atoms with E-state index in [1.165, 1.54) is 19.2 Å². The first-order chi connectivity index (χ1) is 7.33. The second-order valence-electron chi connectivity index (χ2n) is 4.42. The number of nitro benzene ring substituents is 1. The van der Waals surface area contributed by atoms with Gasteiger partial charge in [0.2, 0.25) is 0 Å². The Morgan fingerprint density at radius 3 is 2.56 bits per heavy atom. The van der Waals surface area contributed by atoms with E-state index < -0.39 is 10.5 Å². The van der Waals surface area contributed by atoms with Crippen LogP contribution >= 0.6 is 0 Å². The maximum atomic E-state index is 10.7. The summed E-state index contributed by atoms with van der Waals surface area (Å²) in [6.45, 7) is 3.73. The molecule has 88 valence electrons. The number of ether oxygens (including phenoxy) is 1. The van der Waals surface area contributed by atoms with Crippen LogP contribution in [0.2, 0.25) is 0 Å². The highest BCUT2D eigenvalue weighted by Crippen LogP contribution is 2.26. The van der Waals surface area contributed by atoms with Gasteiger partial charge in [0.1, 0.15) is 5.75 Å². The van der Waals surface area contributed by atoms with E-state index in [-0.39, 0.29) is 5.69 Å². The normalized spacial score (nSPS) is 11.2. The molecule has 0 saturated carbocycles. The summed E-state index contributed by atoms with van der Waals surface area (Å²) in [6, 6.07) is 4.53. The zero-order valence-corrected chi connectivity index (χ0v) is 9.69. The number of nitro groups is 1.